The number of amides is 1. The molecule has 2 rings (SSSR count). The maximum absolute atomic E-state index is 13.1. The fraction of sp³-hybridized carbons (Fsp3) is 0.692. The number of cyclic esters (lactones) is 1. The summed E-state index contributed by atoms with van der Waals surface area (Å²) in [5, 5.41) is 2.73. The van der Waals surface area contributed by atoms with Gasteiger partial charge in [-0.2, -0.15) is 0 Å². The lowest BCUT2D eigenvalue weighted by atomic mass is 9.86. The van der Waals surface area contributed by atoms with E-state index in [2.05, 4.69) is 31.1 Å². The van der Waals surface area contributed by atoms with E-state index in [1.807, 2.05) is 6.92 Å². The first kappa shape index (κ1) is 28.6. The predicted octanol–water partition coefficient (Wildman–Crippen LogP) is 4.08. The molecule has 1 fully saturated rings. The van der Waals surface area contributed by atoms with Crippen LogP contribution in [0, 0.1) is 11.8 Å². The van der Waals surface area contributed by atoms with Crippen LogP contribution < -0.4 is 14.8 Å². The molecule has 1 amide bonds. The highest BCUT2D eigenvalue weighted by Crippen LogP contribution is 2.31. The van der Waals surface area contributed by atoms with Crippen LogP contribution in [0.25, 0.3) is 0 Å². The summed E-state index contributed by atoms with van der Waals surface area (Å²) in [4.78, 5) is 41.8. The standard InChI is InChI=1S/C26H40N2O7/c1-7-15-33-23-17(4)34-26(31)20(10-8-9-19(23)12-11-16(2)3)28-25(30)22-24(35-18(5)29)21(32-6)13-14-27-22/h13-14,16-17,19-20,23H,7-12,15H2,1-6H3,(H,28,30). The maximum atomic E-state index is 13.1. The molecule has 1 aromatic rings. The Hall–Kier alpha value is -2.68. The number of pyridine rings is 1. The minimum absolute atomic E-state index is 0.0911. The summed E-state index contributed by atoms with van der Waals surface area (Å²) in [7, 11) is 1.40. The highest BCUT2D eigenvalue weighted by Gasteiger charge is 2.35. The molecule has 0 radical (unpaired) electrons. The van der Waals surface area contributed by atoms with Gasteiger partial charge in [0.05, 0.1) is 13.2 Å². The molecule has 2 heterocycles. The molecule has 1 aromatic heterocycles. The molecule has 4 unspecified atom stereocenters. The number of nitrogens with one attached hydrogen (secondary N) is 1. The van der Waals surface area contributed by atoms with Gasteiger partial charge in [-0.25, -0.2) is 9.78 Å². The second-order valence-corrected chi connectivity index (χ2v) is 9.45. The number of aromatic nitrogens is 1. The molecule has 9 nitrogen and oxygen atoms in total. The van der Waals surface area contributed by atoms with E-state index in [9.17, 15) is 14.4 Å². The van der Waals surface area contributed by atoms with E-state index >= 15 is 0 Å². The zero-order chi connectivity index (χ0) is 26.0. The summed E-state index contributed by atoms with van der Waals surface area (Å²) in [6, 6.07) is 0.623. The van der Waals surface area contributed by atoms with Crippen molar-refractivity contribution >= 4 is 17.8 Å². The van der Waals surface area contributed by atoms with Gasteiger partial charge in [-0.1, -0.05) is 33.6 Å². The Morgan fingerprint density at radius 1 is 1.29 bits per heavy atom. The number of hydrogen-bond donors (Lipinski definition) is 1. The third kappa shape index (κ3) is 8.49. The van der Waals surface area contributed by atoms with Gasteiger partial charge in [0, 0.05) is 25.8 Å². The van der Waals surface area contributed by atoms with Crippen LogP contribution in [0.3, 0.4) is 0 Å². The van der Waals surface area contributed by atoms with Gasteiger partial charge in [0.1, 0.15) is 12.1 Å². The van der Waals surface area contributed by atoms with E-state index in [4.69, 9.17) is 18.9 Å². The van der Waals surface area contributed by atoms with Gasteiger partial charge in [-0.15, -0.1) is 0 Å². The van der Waals surface area contributed by atoms with Crippen LogP contribution >= 0.6 is 0 Å². The van der Waals surface area contributed by atoms with Crippen molar-refractivity contribution in [3.63, 3.8) is 0 Å². The van der Waals surface area contributed by atoms with Crippen LogP contribution in [0.4, 0.5) is 0 Å². The number of esters is 2. The summed E-state index contributed by atoms with van der Waals surface area (Å²) >= 11 is 0. The summed E-state index contributed by atoms with van der Waals surface area (Å²) in [6.45, 7) is 10.1. The molecule has 1 N–H and O–H groups in total. The molecular weight excluding hydrogens is 452 g/mol. The second-order valence-electron chi connectivity index (χ2n) is 9.45. The van der Waals surface area contributed by atoms with Crippen molar-refractivity contribution in [1.82, 2.24) is 10.3 Å². The molecule has 196 valence electrons. The van der Waals surface area contributed by atoms with E-state index < -0.39 is 30.0 Å². The lowest BCUT2D eigenvalue weighted by Crippen LogP contribution is -2.44. The van der Waals surface area contributed by atoms with Crippen LogP contribution in [-0.4, -0.2) is 54.8 Å². The molecule has 0 aromatic carbocycles. The lowest BCUT2D eigenvalue weighted by Gasteiger charge is -2.31. The largest absolute Gasteiger partial charge is 0.493 e. The second kappa shape index (κ2) is 14.0. The van der Waals surface area contributed by atoms with Crippen molar-refractivity contribution in [1.29, 1.82) is 0 Å². The average molecular weight is 493 g/mol. The van der Waals surface area contributed by atoms with Crippen molar-refractivity contribution in [2.24, 2.45) is 11.8 Å². The molecule has 0 aliphatic carbocycles. The highest BCUT2D eigenvalue weighted by molar-refractivity contribution is 5.98. The van der Waals surface area contributed by atoms with Crippen LogP contribution in [0.5, 0.6) is 11.5 Å². The number of methoxy groups -OCH3 is 1. The molecular formula is C26H40N2O7. The summed E-state index contributed by atoms with van der Waals surface area (Å²) in [5.41, 5.74) is -0.140. The molecule has 35 heavy (non-hydrogen) atoms. The summed E-state index contributed by atoms with van der Waals surface area (Å²) in [5.74, 6) is -0.854. The molecule has 9 heteroatoms. The molecule has 1 saturated heterocycles. The predicted molar refractivity (Wildman–Crippen MR) is 130 cm³/mol. The van der Waals surface area contributed by atoms with E-state index in [0.29, 0.717) is 18.9 Å². The molecule has 0 bridgehead atoms. The quantitative estimate of drug-likeness (QED) is 0.486. The Bertz CT molecular complexity index is 858. The third-order valence-electron chi connectivity index (χ3n) is 6.07. The van der Waals surface area contributed by atoms with Gasteiger partial charge in [0.15, 0.2) is 11.4 Å². The van der Waals surface area contributed by atoms with Gasteiger partial charge in [0.25, 0.3) is 5.91 Å². The first-order valence-corrected chi connectivity index (χ1v) is 12.5. The number of ether oxygens (including phenoxy) is 4. The highest BCUT2D eigenvalue weighted by atomic mass is 16.6. The number of hydrogen-bond acceptors (Lipinski definition) is 8. The zero-order valence-corrected chi connectivity index (χ0v) is 21.8. The van der Waals surface area contributed by atoms with Crippen molar-refractivity contribution in [3.8, 4) is 11.5 Å². The fourth-order valence-electron chi connectivity index (χ4n) is 4.32. The number of nitrogens with zero attached hydrogens (tertiary/aromatic N) is 1. The van der Waals surface area contributed by atoms with Crippen molar-refractivity contribution < 1.29 is 33.3 Å². The SMILES string of the molecule is CCCOC1C(CCC(C)C)CCCC(NC(=O)c2nccc(OC)c2OC(C)=O)C(=O)OC1C. The molecule has 0 saturated carbocycles. The van der Waals surface area contributed by atoms with Gasteiger partial charge in [0.2, 0.25) is 5.75 Å². The molecule has 1 aliphatic rings. The minimum Gasteiger partial charge on any atom is -0.493 e. The molecule has 1 aliphatic heterocycles. The normalized spacial score (nSPS) is 23.0. The van der Waals surface area contributed by atoms with Gasteiger partial charge in [-0.05, 0) is 44.4 Å². The van der Waals surface area contributed by atoms with Gasteiger partial charge >= 0.3 is 11.9 Å². The van der Waals surface area contributed by atoms with E-state index in [0.717, 1.165) is 32.1 Å². The van der Waals surface area contributed by atoms with E-state index in [1.54, 1.807) is 0 Å². The summed E-state index contributed by atoms with van der Waals surface area (Å²) < 4.78 is 22.3. The number of carbonyl (C=O) groups excluding carboxylic acids is 3. The van der Waals surface area contributed by atoms with Crippen molar-refractivity contribution in [2.45, 2.75) is 91.4 Å². The Labute approximate surface area is 208 Å². The number of carbonyl (C=O) groups is 3. The Balaban J connectivity index is 2.22. The van der Waals surface area contributed by atoms with Gasteiger partial charge < -0.3 is 24.3 Å². The molecule has 0 spiro atoms. The van der Waals surface area contributed by atoms with Crippen molar-refractivity contribution in [2.75, 3.05) is 13.7 Å². The van der Waals surface area contributed by atoms with Crippen LogP contribution in [0.15, 0.2) is 12.3 Å². The topological polar surface area (TPSA) is 113 Å². The third-order valence-corrected chi connectivity index (χ3v) is 6.07. The first-order chi connectivity index (χ1) is 16.7. The van der Waals surface area contributed by atoms with Crippen LogP contribution in [0.1, 0.15) is 83.6 Å². The Morgan fingerprint density at radius 3 is 2.66 bits per heavy atom. The van der Waals surface area contributed by atoms with Crippen LogP contribution in [0.2, 0.25) is 0 Å². The Kier molecular flexibility index (Phi) is 11.4. The zero-order valence-electron chi connectivity index (χ0n) is 21.8. The fourth-order valence-corrected chi connectivity index (χ4v) is 4.32. The van der Waals surface area contributed by atoms with Crippen molar-refractivity contribution in [3.05, 3.63) is 18.0 Å². The van der Waals surface area contributed by atoms with E-state index in [-0.39, 0.29) is 29.2 Å². The minimum atomic E-state index is -0.862. The first-order valence-electron chi connectivity index (χ1n) is 12.5. The molecule has 4 atom stereocenters. The number of rotatable bonds is 10. The van der Waals surface area contributed by atoms with Gasteiger partial charge in [-0.3, -0.25) is 9.59 Å². The van der Waals surface area contributed by atoms with E-state index in [1.165, 1.54) is 26.3 Å². The van der Waals surface area contributed by atoms with Crippen LogP contribution in [-0.2, 0) is 19.1 Å². The maximum Gasteiger partial charge on any atom is 0.329 e. The average Bonchev–Trinajstić information content (AvgIpc) is 2.85. The Morgan fingerprint density at radius 2 is 2.03 bits per heavy atom. The summed E-state index contributed by atoms with van der Waals surface area (Å²) in [6.07, 6.45) is 5.68. The smallest absolute Gasteiger partial charge is 0.329 e. The monoisotopic (exact) mass is 492 g/mol. The lowest BCUT2D eigenvalue weighted by molar-refractivity contribution is -0.161.